The summed E-state index contributed by atoms with van der Waals surface area (Å²) in [5, 5.41) is 12.5. The van der Waals surface area contributed by atoms with Crippen molar-refractivity contribution in [1.82, 2.24) is 0 Å². The van der Waals surface area contributed by atoms with E-state index < -0.39 is 5.97 Å². The van der Waals surface area contributed by atoms with Crippen LogP contribution in [0.5, 0.6) is 5.75 Å². The van der Waals surface area contributed by atoms with E-state index in [1.54, 1.807) is 24.3 Å². The molecule has 3 aromatic rings. The van der Waals surface area contributed by atoms with Gasteiger partial charge < -0.3 is 9.84 Å². The zero-order valence-electron chi connectivity index (χ0n) is 10.9. The highest BCUT2D eigenvalue weighted by molar-refractivity contribution is 7.17. The SMILES string of the molecule is O=C(O)c1cccc2scc(COc3ccccc3Cl)c12. The second-order valence-corrected chi connectivity index (χ2v) is 5.78. The van der Waals surface area contributed by atoms with Crippen LogP contribution < -0.4 is 4.74 Å². The van der Waals surface area contributed by atoms with Crippen molar-refractivity contribution in [3.8, 4) is 5.75 Å². The van der Waals surface area contributed by atoms with E-state index in [-0.39, 0.29) is 6.61 Å². The van der Waals surface area contributed by atoms with Crippen LogP contribution in [0.4, 0.5) is 0 Å². The number of halogens is 1. The van der Waals surface area contributed by atoms with E-state index in [2.05, 4.69) is 0 Å². The largest absolute Gasteiger partial charge is 0.487 e. The van der Waals surface area contributed by atoms with Gasteiger partial charge in [0.2, 0.25) is 0 Å². The summed E-state index contributed by atoms with van der Waals surface area (Å²) in [5.41, 5.74) is 1.15. The molecule has 0 atom stereocenters. The summed E-state index contributed by atoms with van der Waals surface area (Å²) in [4.78, 5) is 11.3. The number of aromatic carboxylic acids is 1. The number of carboxylic acids is 1. The molecule has 106 valence electrons. The number of hydrogen-bond donors (Lipinski definition) is 1. The minimum Gasteiger partial charge on any atom is -0.487 e. The molecule has 0 aliphatic heterocycles. The Kier molecular flexibility index (Phi) is 3.82. The molecule has 0 saturated heterocycles. The third-order valence-electron chi connectivity index (χ3n) is 3.13. The fourth-order valence-electron chi connectivity index (χ4n) is 2.16. The van der Waals surface area contributed by atoms with Crippen molar-refractivity contribution in [3.05, 3.63) is 64.0 Å². The highest BCUT2D eigenvalue weighted by Gasteiger charge is 2.14. The summed E-state index contributed by atoms with van der Waals surface area (Å²) in [6.07, 6.45) is 0. The normalized spacial score (nSPS) is 10.7. The van der Waals surface area contributed by atoms with Gasteiger partial charge >= 0.3 is 5.97 Å². The monoisotopic (exact) mass is 318 g/mol. The molecule has 0 saturated carbocycles. The van der Waals surface area contributed by atoms with E-state index in [9.17, 15) is 9.90 Å². The standard InChI is InChI=1S/C16H11ClO3S/c17-12-5-1-2-6-13(12)20-8-10-9-21-14-7-3-4-11(15(10)14)16(18)19/h1-7,9H,8H2,(H,18,19). The molecule has 3 nitrogen and oxygen atoms in total. The quantitative estimate of drug-likeness (QED) is 0.749. The van der Waals surface area contributed by atoms with Gasteiger partial charge in [0.15, 0.2) is 0 Å². The number of ether oxygens (including phenoxy) is 1. The molecule has 0 aliphatic rings. The molecule has 1 N–H and O–H groups in total. The molecule has 3 rings (SSSR count). The Balaban J connectivity index is 1.95. The first-order chi connectivity index (χ1) is 10.2. The van der Waals surface area contributed by atoms with Crippen molar-refractivity contribution in [2.24, 2.45) is 0 Å². The van der Waals surface area contributed by atoms with Crippen molar-refractivity contribution in [2.45, 2.75) is 6.61 Å². The number of hydrogen-bond acceptors (Lipinski definition) is 3. The molecular weight excluding hydrogens is 308 g/mol. The second-order valence-electron chi connectivity index (χ2n) is 4.46. The van der Waals surface area contributed by atoms with Gasteiger partial charge in [-0.3, -0.25) is 0 Å². The molecule has 0 aliphatic carbocycles. The molecule has 2 aromatic carbocycles. The molecule has 0 radical (unpaired) electrons. The summed E-state index contributed by atoms with van der Waals surface area (Å²) >= 11 is 7.56. The summed E-state index contributed by atoms with van der Waals surface area (Å²) in [6.45, 7) is 0.286. The van der Waals surface area contributed by atoms with Crippen LogP contribution in [0.1, 0.15) is 15.9 Å². The van der Waals surface area contributed by atoms with Crippen molar-refractivity contribution >= 4 is 39.0 Å². The third-order valence-corrected chi connectivity index (χ3v) is 4.43. The molecule has 1 aromatic heterocycles. The predicted molar refractivity (Wildman–Crippen MR) is 84.6 cm³/mol. The molecule has 0 unspecified atom stereocenters. The number of carbonyl (C=O) groups is 1. The Labute approximate surface area is 130 Å². The first kappa shape index (κ1) is 13.9. The van der Waals surface area contributed by atoms with Gasteiger partial charge in [-0.15, -0.1) is 11.3 Å². The van der Waals surface area contributed by atoms with Gasteiger partial charge in [-0.2, -0.15) is 0 Å². The average Bonchev–Trinajstić information content (AvgIpc) is 2.89. The maximum absolute atomic E-state index is 11.3. The van der Waals surface area contributed by atoms with Crippen LogP contribution in [0.2, 0.25) is 5.02 Å². The van der Waals surface area contributed by atoms with Gasteiger partial charge in [0.05, 0.1) is 10.6 Å². The topological polar surface area (TPSA) is 46.5 Å². The van der Waals surface area contributed by atoms with Gasteiger partial charge in [0, 0.05) is 15.6 Å². The third kappa shape index (κ3) is 2.73. The van der Waals surface area contributed by atoms with E-state index in [1.807, 2.05) is 23.6 Å². The minimum absolute atomic E-state index is 0.286. The number of carboxylic acid groups (broad SMARTS) is 1. The number of thiophene rings is 1. The molecule has 0 spiro atoms. The lowest BCUT2D eigenvalue weighted by Crippen LogP contribution is -2.00. The van der Waals surface area contributed by atoms with Crippen LogP contribution in [-0.2, 0) is 6.61 Å². The van der Waals surface area contributed by atoms with E-state index >= 15 is 0 Å². The van der Waals surface area contributed by atoms with Gasteiger partial charge in [-0.25, -0.2) is 4.79 Å². The average molecular weight is 319 g/mol. The predicted octanol–water partition coefficient (Wildman–Crippen LogP) is 4.83. The lowest BCUT2D eigenvalue weighted by atomic mass is 10.1. The maximum atomic E-state index is 11.3. The Morgan fingerprint density at radius 1 is 1.19 bits per heavy atom. The summed E-state index contributed by atoms with van der Waals surface area (Å²) in [6, 6.07) is 12.5. The highest BCUT2D eigenvalue weighted by Crippen LogP contribution is 2.31. The van der Waals surface area contributed by atoms with Gasteiger partial charge in [-0.1, -0.05) is 29.8 Å². The second kappa shape index (κ2) is 5.76. The van der Waals surface area contributed by atoms with Crippen LogP contribution >= 0.6 is 22.9 Å². The van der Waals surface area contributed by atoms with Gasteiger partial charge in [0.25, 0.3) is 0 Å². The van der Waals surface area contributed by atoms with Crippen molar-refractivity contribution in [1.29, 1.82) is 0 Å². The van der Waals surface area contributed by atoms with E-state index in [0.29, 0.717) is 16.3 Å². The van der Waals surface area contributed by atoms with E-state index in [4.69, 9.17) is 16.3 Å². The minimum atomic E-state index is -0.932. The Morgan fingerprint density at radius 2 is 2.00 bits per heavy atom. The fraction of sp³-hybridized carbons (Fsp3) is 0.0625. The van der Waals surface area contributed by atoms with Crippen LogP contribution in [0.3, 0.4) is 0 Å². The lowest BCUT2D eigenvalue weighted by molar-refractivity contribution is 0.0699. The van der Waals surface area contributed by atoms with Crippen LogP contribution in [0, 0.1) is 0 Å². The maximum Gasteiger partial charge on any atom is 0.336 e. The van der Waals surface area contributed by atoms with Crippen molar-refractivity contribution in [2.75, 3.05) is 0 Å². The summed E-state index contributed by atoms with van der Waals surface area (Å²) in [7, 11) is 0. The molecule has 5 heteroatoms. The molecule has 0 bridgehead atoms. The van der Waals surface area contributed by atoms with Gasteiger partial charge in [-0.05, 0) is 29.6 Å². The summed E-state index contributed by atoms with van der Waals surface area (Å²) in [5.74, 6) is -0.343. The van der Waals surface area contributed by atoms with E-state index in [1.165, 1.54) is 11.3 Å². The van der Waals surface area contributed by atoms with Crippen LogP contribution in [0.25, 0.3) is 10.1 Å². The lowest BCUT2D eigenvalue weighted by Gasteiger charge is -2.08. The first-order valence-corrected chi connectivity index (χ1v) is 7.52. The number of rotatable bonds is 4. The zero-order chi connectivity index (χ0) is 14.8. The number of fused-ring (bicyclic) bond motifs is 1. The fourth-order valence-corrected chi connectivity index (χ4v) is 3.32. The molecule has 1 heterocycles. The number of benzene rings is 2. The number of para-hydroxylation sites is 1. The summed E-state index contributed by atoms with van der Waals surface area (Å²) < 4.78 is 6.64. The van der Waals surface area contributed by atoms with Gasteiger partial charge in [0.1, 0.15) is 12.4 Å². The molecular formula is C16H11ClO3S. The molecule has 0 amide bonds. The van der Waals surface area contributed by atoms with Crippen LogP contribution in [-0.4, -0.2) is 11.1 Å². The highest BCUT2D eigenvalue weighted by atomic mass is 35.5. The molecule has 0 fully saturated rings. The molecule has 21 heavy (non-hydrogen) atoms. The van der Waals surface area contributed by atoms with E-state index in [0.717, 1.165) is 15.6 Å². The van der Waals surface area contributed by atoms with Crippen molar-refractivity contribution in [3.63, 3.8) is 0 Å². The smallest absolute Gasteiger partial charge is 0.336 e. The first-order valence-electron chi connectivity index (χ1n) is 6.26. The Hall–Kier alpha value is -2.04. The Morgan fingerprint density at radius 3 is 2.76 bits per heavy atom. The zero-order valence-corrected chi connectivity index (χ0v) is 12.4. The Bertz CT molecular complexity index is 810. The van der Waals surface area contributed by atoms with Crippen molar-refractivity contribution < 1.29 is 14.6 Å². The van der Waals surface area contributed by atoms with Crippen LogP contribution in [0.15, 0.2) is 47.8 Å².